The van der Waals surface area contributed by atoms with Gasteiger partial charge in [-0.15, -0.1) is 22.7 Å². The molecular weight excluding hydrogens is 1000 g/mol. The van der Waals surface area contributed by atoms with Crippen LogP contribution in [0.5, 0.6) is 11.5 Å². The Morgan fingerprint density at radius 1 is 0.434 bits per heavy atom. The fraction of sp³-hybridized carbons (Fsp3) is 0.212. The predicted octanol–water partition coefficient (Wildman–Crippen LogP) is 17.7. The molecule has 2 bridgehead atoms. The molecule has 7 aromatic carbocycles. The number of fused-ring (bicyclic) bond motifs is 2. The van der Waals surface area contributed by atoms with Gasteiger partial charge >= 0.3 is 17.8 Å². The summed E-state index contributed by atoms with van der Waals surface area (Å²) in [7, 11) is 3.33. The molecule has 10 heteroatoms. The van der Waals surface area contributed by atoms with Crippen molar-refractivity contribution in [2.45, 2.75) is 75.6 Å². The van der Waals surface area contributed by atoms with Crippen molar-refractivity contribution >= 4 is 55.4 Å². The summed E-state index contributed by atoms with van der Waals surface area (Å²) in [6.07, 6.45) is 2.89. The van der Waals surface area contributed by atoms with Crippen molar-refractivity contribution < 1.29 is 35.8 Å². The van der Waals surface area contributed by atoms with E-state index < -0.39 is 28.9 Å². The molecule has 9 aromatic rings. The molecule has 0 N–H and O–H groups in total. The Morgan fingerprint density at radius 3 is 1.26 bits per heavy atom. The lowest BCUT2D eigenvalue weighted by Gasteiger charge is -2.71. The van der Waals surface area contributed by atoms with E-state index in [4.69, 9.17) is 9.47 Å². The standard InChI is InChI=1S/C66H48F6O2S2/c1-38-54(40(3)75-60(38)44-17-11-8-12-18-44)58-59(65(69,70)66(71,72)64(58,67)68)55-39(2)61(76-41(55)4)45-27-31-47(32-28-45)63-35-62(36-63,37-63)46-29-23-43(24-30-46)26-34-51-49-20-14-21-52(73-5)56(49)50(33-25-42-15-9-7-10-16-42)48-19-13-22-53(74-6)57(48)51/h7-24,27-32H,35-37H2,1-6H3. The molecule has 4 aliphatic rings. The lowest BCUT2D eigenvalue weighted by Crippen LogP contribution is -2.67. The number of ether oxygens (including phenoxy) is 2. The van der Waals surface area contributed by atoms with Crippen LogP contribution in [-0.2, 0) is 10.8 Å². The Labute approximate surface area is 445 Å². The van der Waals surface area contributed by atoms with Crippen LogP contribution in [-0.4, -0.2) is 32.0 Å². The molecule has 0 radical (unpaired) electrons. The molecule has 0 atom stereocenters. The first-order valence-corrected chi connectivity index (χ1v) is 26.6. The van der Waals surface area contributed by atoms with Crippen LogP contribution in [0.1, 0.15) is 84.7 Å². The molecule has 3 saturated carbocycles. The van der Waals surface area contributed by atoms with Crippen LogP contribution in [0, 0.1) is 51.4 Å². The van der Waals surface area contributed by atoms with Crippen LogP contribution in [0.25, 0.3) is 53.6 Å². The topological polar surface area (TPSA) is 18.5 Å². The number of allylic oxidation sites excluding steroid dienone is 2. The molecule has 2 heterocycles. The Morgan fingerprint density at radius 2 is 0.829 bits per heavy atom. The van der Waals surface area contributed by atoms with Gasteiger partial charge in [-0.25, -0.2) is 0 Å². The Hall–Kier alpha value is -7.50. The second-order valence-electron chi connectivity index (χ2n) is 20.4. The molecular formula is C66H48F6O2S2. The van der Waals surface area contributed by atoms with E-state index in [1.165, 1.54) is 18.1 Å². The summed E-state index contributed by atoms with van der Waals surface area (Å²) in [6.45, 7) is 6.19. The van der Waals surface area contributed by atoms with Crippen LogP contribution in [0.15, 0.2) is 146 Å². The van der Waals surface area contributed by atoms with Gasteiger partial charge in [-0.3, -0.25) is 0 Å². The van der Waals surface area contributed by atoms with E-state index in [2.05, 4.69) is 72.2 Å². The van der Waals surface area contributed by atoms with Crippen LogP contribution < -0.4 is 9.47 Å². The zero-order chi connectivity index (χ0) is 53.1. The van der Waals surface area contributed by atoms with Crippen LogP contribution in [0.2, 0.25) is 0 Å². The van der Waals surface area contributed by atoms with Gasteiger partial charge in [0, 0.05) is 85.6 Å². The minimum atomic E-state index is -5.65. The molecule has 0 spiro atoms. The third-order valence-electron chi connectivity index (χ3n) is 16.1. The lowest BCUT2D eigenvalue weighted by atomic mass is 9.32. The quantitative estimate of drug-likeness (QED) is 0.0858. The highest BCUT2D eigenvalue weighted by atomic mass is 32.1. The zero-order valence-corrected chi connectivity index (χ0v) is 44.0. The molecule has 0 amide bonds. The van der Waals surface area contributed by atoms with Crippen molar-refractivity contribution in [3.8, 4) is 56.1 Å². The molecule has 2 nitrogen and oxygen atoms in total. The largest absolute Gasteiger partial charge is 0.496 e. The molecule has 0 saturated heterocycles. The number of methoxy groups -OCH3 is 2. The molecule has 3 fully saturated rings. The normalized spacial score (nSPS) is 19.6. The average Bonchev–Trinajstić information content (AvgIpc) is 3.94. The van der Waals surface area contributed by atoms with E-state index in [1.807, 2.05) is 66.7 Å². The summed E-state index contributed by atoms with van der Waals surface area (Å²) >= 11 is 2.29. The van der Waals surface area contributed by atoms with Gasteiger partial charge < -0.3 is 9.47 Å². The maximum Gasteiger partial charge on any atom is 0.380 e. The van der Waals surface area contributed by atoms with Gasteiger partial charge in [0.2, 0.25) is 0 Å². The molecule has 2 aromatic heterocycles. The molecule has 4 aliphatic carbocycles. The predicted molar refractivity (Wildman–Crippen MR) is 297 cm³/mol. The molecule has 76 heavy (non-hydrogen) atoms. The van der Waals surface area contributed by atoms with E-state index in [-0.39, 0.29) is 42.8 Å². The molecule has 0 aliphatic heterocycles. The first-order chi connectivity index (χ1) is 36.4. The average molecular weight is 1050 g/mol. The van der Waals surface area contributed by atoms with Crippen LogP contribution >= 0.6 is 22.7 Å². The number of hydrogen-bond acceptors (Lipinski definition) is 4. The van der Waals surface area contributed by atoms with Gasteiger partial charge in [-0.2, -0.15) is 26.3 Å². The summed E-state index contributed by atoms with van der Waals surface area (Å²) in [5, 5.41) is 3.58. The van der Waals surface area contributed by atoms with E-state index in [9.17, 15) is 0 Å². The highest BCUT2D eigenvalue weighted by molar-refractivity contribution is 7.16. The summed E-state index contributed by atoms with van der Waals surface area (Å²) in [6, 6.07) is 47.3. The highest BCUT2D eigenvalue weighted by Gasteiger charge is 2.80. The SMILES string of the molecule is COc1cccc2c(C#Cc3ccc(C45CC(c6ccc(-c7sc(C)c(C8=C(c9c(C)sc(-c%10ccccc%10)c9C)C(F)(F)C(F)(F)C8(F)F)c7C)cc6)(C4)C5)cc3)c3c(OC)cccc3c(C#Cc3ccccc3)c12. The minimum Gasteiger partial charge on any atom is -0.496 e. The molecule has 13 rings (SSSR count). The number of aryl methyl sites for hydroxylation is 2. The van der Waals surface area contributed by atoms with Gasteiger partial charge in [0.1, 0.15) is 11.5 Å². The second-order valence-corrected chi connectivity index (χ2v) is 22.9. The van der Waals surface area contributed by atoms with Gasteiger partial charge in [-0.1, -0.05) is 133 Å². The van der Waals surface area contributed by atoms with Crippen molar-refractivity contribution in [1.82, 2.24) is 0 Å². The van der Waals surface area contributed by atoms with Crippen molar-refractivity contribution in [2.24, 2.45) is 0 Å². The summed E-state index contributed by atoms with van der Waals surface area (Å²) in [5.74, 6) is -0.722. The van der Waals surface area contributed by atoms with E-state index in [0.29, 0.717) is 32.4 Å². The summed E-state index contributed by atoms with van der Waals surface area (Å²) < 4.78 is 108. The first kappa shape index (κ1) is 49.4. The van der Waals surface area contributed by atoms with E-state index in [0.717, 1.165) is 85.7 Å². The molecule has 378 valence electrons. The van der Waals surface area contributed by atoms with E-state index in [1.54, 1.807) is 65.3 Å². The number of benzene rings is 7. The van der Waals surface area contributed by atoms with Crippen molar-refractivity contribution in [1.29, 1.82) is 0 Å². The Kier molecular flexibility index (Phi) is 11.6. The maximum atomic E-state index is 16.3. The zero-order valence-electron chi connectivity index (χ0n) is 42.4. The van der Waals surface area contributed by atoms with E-state index >= 15 is 26.3 Å². The summed E-state index contributed by atoms with van der Waals surface area (Å²) in [5.41, 5.74) is 4.74. The lowest BCUT2D eigenvalue weighted by molar-refractivity contribution is -0.254. The third kappa shape index (κ3) is 7.24. The minimum absolute atomic E-state index is 0.0138. The number of thiophene rings is 2. The summed E-state index contributed by atoms with van der Waals surface area (Å²) in [4.78, 5) is 1.68. The number of hydrogen-bond donors (Lipinski definition) is 0. The van der Waals surface area contributed by atoms with Crippen LogP contribution in [0.3, 0.4) is 0 Å². The molecule has 0 unspecified atom stereocenters. The Bertz CT molecular complexity index is 3990. The van der Waals surface area contributed by atoms with Gasteiger partial charge in [0.25, 0.3) is 0 Å². The first-order valence-electron chi connectivity index (χ1n) is 25.0. The third-order valence-corrected chi connectivity index (χ3v) is 18.6. The fourth-order valence-electron chi connectivity index (χ4n) is 12.5. The fourth-order valence-corrected chi connectivity index (χ4v) is 14.9. The number of alkyl halides is 6. The monoisotopic (exact) mass is 1050 g/mol. The van der Waals surface area contributed by atoms with Gasteiger partial charge in [-0.05, 0) is 128 Å². The number of halogens is 6. The van der Waals surface area contributed by atoms with Gasteiger partial charge in [0.15, 0.2) is 0 Å². The highest BCUT2D eigenvalue weighted by Crippen LogP contribution is 2.74. The van der Waals surface area contributed by atoms with Gasteiger partial charge in [0.05, 0.1) is 14.2 Å². The number of rotatable bonds is 8. The Balaban J connectivity index is 0.818. The smallest absolute Gasteiger partial charge is 0.380 e. The van der Waals surface area contributed by atoms with Crippen molar-refractivity contribution in [3.05, 3.63) is 211 Å². The van der Waals surface area contributed by atoms with Crippen molar-refractivity contribution in [2.75, 3.05) is 14.2 Å². The van der Waals surface area contributed by atoms with Crippen LogP contribution in [0.4, 0.5) is 26.3 Å². The van der Waals surface area contributed by atoms with Crippen molar-refractivity contribution in [3.63, 3.8) is 0 Å². The maximum absolute atomic E-state index is 16.3. The second kappa shape index (κ2) is 17.8.